The molecule has 0 aliphatic carbocycles. The Morgan fingerprint density at radius 3 is 1.96 bits per heavy atom. The molecule has 1 atom stereocenters. The molecule has 0 unspecified atom stereocenters. The number of hydrogen-bond donors (Lipinski definition) is 3. The van der Waals surface area contributed by atoms with Crippen LogP contribution in [0.1, 0.15) is 23.6 Å². The molecule has 2 aromatic carbocycles. The maximum absolute atomic E-state index is 12.2. The lowest BCUT2D eigenvalue weighted by molar-refractivity contribution is -0.130. The maximum atomic E-state index is 12.2. The molecule has 0 aliphatic rings. The number of aryl methyl sites for hydroxylation is 1. The summed E-state index contributed by atoms with van der Waals surface area (Å²) in [5, 5.41) is 8.54. The third-order valence-corrected chi connectivity index (χ3v) is 5.13. The van der Waals surface area contributed by atoms with Crippen molar-refractivity contribution in [3.63, 3.8) is 0 Å². The molecule has 0 saturated carbocycles. The Balaban J connectivity index is 2.10. The molecular weight excluding hydrogens is 340 g/mol. The highest BCUT2D eigenvalue weighted by Gasteiger charge is 2.21. The molecule has 1 amide bonds. The van der Waals surface area contributed by atoms with Gasteiger partial charge in [-0.2, -0.15) is 4.72 Å². The van der Waals surface area contributed by atoms with E-state index in [9.17, 15) is 13.2 Å². The van der Waals surface area contributed by atoms with E-state index in [1.165, 1.54) is 30.1 Å². The van der Waals surface area contributed by atoms with Gasteiger partial charge in [0.25, 0.3) is 5.91 Å². The van der Waals surface area contributed by atoms with Gasteiger partial charge in [0, 0.05) is 0 Å². The number of amides is 1. The van der Waals surface area contributed by atoms with Crippen molar-refractivity contribution in [2.75, 3.05) is 0 Å². The summed E-state index contributed by atoms with van der Waals surface area (Å²) in [6.45, 7) is 3.35. The number of benzene rings is 2. The third kappa shape index (κ3) is 5.25. The van der Waals surface area contributed by atoms with E-state index in [1.54, 1.807) is 12.1 Å². The van der Waals surface area contributed by atoms with Crippen LogP contribution in [0.5, 0.6) is 0 Å². The van der Waals surface area contributed by atoms with E-state index in [2.05, 4.69) is 4.72 Å². The summed E-state index contributed by atoms with van der Waals surface area (Å²) in [6, 6.07) is 13.2. The summed E-state index contributed by atoms with van der Waals surface area (Å²) in [5.41, 5.74) is 4.49. The fourth-order valence-corrected chi connectivity index (χ4v) is 3.28. The first kappa shape index (κ1) is 18.9. The van der Waals surface area contributed by atoms with E-state index < -0.39 is 22.0 Å². The van der Waals surface area contributed by atoms with Crippen molar-refractivity contribution in [3.8, 4) is 0 Å². The number of rotatable bonds is 6. The molecule has 0 bridgehead atoms. The Hall–Kier alpha value is -2.48. The van der Waals surface area contributed by atoms with Gasteiger partial charge >= 0.3 is 0 Å². The van der Waals surface area contributed by atoms with Crippen LogP contribution in [0.15, 0.2) is 53.4 Å². The van der Waals surface area contributed by atoms with Crippen molar-refractivity contribution in [1.29, 1.82) is 0 Å². The standard InChI is InChI=1S/C18H20N2O4S/c1-13-3-5-15(6-4-13)7-8-16-9-11-17(12-10-16)25(23,24)20-14(2)18(21)19-22/h3-12,14,20,22H,1-2H3,(H,19,21)/b8-7+/t14-/m1/s1. The van der Waals surface area contributed by atoms with Crippen LogP contribution in [0, 0.1) is 6.92 Å². The molecule has 2 rings (SSSR count). The zero-order valence-electron chi connectivity index (χ0n) is 13.9. The molecule has 0 aliphatic heterocycles. The predicted molar refractivity (Wildman–Crippen MR) is 96.3 cm³/mol. The topological polar surface area (TPSA) is 95.5 Å². The van der Waals surface area contributed by atoms with E-state index >= 15 is 0 Å². The zero-order chi connectivity index (χ0) is 18.4. The van der Waals surface area contributed by atoms with Crippen molar-refractivity contribution in [3.05, 3.63) is 65.2 Å². The first-order chi connectivity index (χ1) is 11.8. The van der Waals surface area contributed by atoms with Crippen molar-refractivity contribution < 1.29 is 18.4 Å². The van der Waals surface area contributed by atoms with Gasteiger partial charge in [0.2, 0.25) is 10.0 Å². The first-order valence-corrected chi connectivity index (χ1v) is 9.11. The van der Waals surface area contributed by atoms with Gasteiger partial charge in [0.1, 0.15) is 6.04 Å². The molecule has 0 radical (unpaired) electrons. The SMILES string of the molecule is Cc1ccc(/C=C/c2ccc(S(=O)(=O)N[C@H](C)C(=O)NO)cc2)cc1. The van der Waals surface area contributed by atoms with Crippen LogP contribution in [0.2, 0.25) is 0 Å². The molecular formula is C18H20N2O4S. The molecule has 3 N–H and O–H groups in total. The number of sulfonamides is 1. The van der Waals surface area contributed by atoms with Gasteiger partial charge < -0.3 is 0 Å². The minimum Gasteiger partial charge on any atom is -0.289 e. The summed E-state index contributed by atoms with van der Waals surface area (Å²) in [4.78, 5) is 11.3. The van der Waals surface area contributed by atoms with E-state index in [0.29, 0.717) is 0 Å². The Morgan fingerprint density at radius 2 is 1.48 bits per heavy atom. The molecule has 6 nitrogen and oxygen atoms in total. The van der Waals surface area contributed by atoms with Crippen LogP contribution in [0.25, 0.3) is 12.2 Å². The monoisotopic (exact) mass is 360 g/mol. The third-order valence-electron chi connectivity index (χ3n) is 3.57. The van der Waals surface area contributed by atoms with Crippen LogP contribution >= 0.6 is 0 Å². The van der Waals surface area contributed by atoms with Crippen molar-refractivity contribution >= 4 is 28.1 Å². The number of carbonyl (C=O) groups excluding carboxylic acids is 1. The van der Waals surface area contributed by atoms with Crippen LogP contribution < -0.4 is 10.2 Å². The molecule has 25 heavy (non-hydrogen) atoms. The fourth-order valence-electron chi connectivity index (χ4n) is 2.08. The summed E-state index contributed by atoms with van der Waals surface area (Å²) < 4.78 is 26.6. The van der Waals surface area contributed by atoms with Gasteiger partial charge in [-0.15, -0.1) is 0 Å². The molecule has 2 aromatic rings. The molecule has 7 heteroatoms. The quantitative estimate of drug-likeness (QED) is 0.419. The lowest BCUT2D eigenvalue weighted by Crippen LogP contribution is -2.43. The molecule has 0 fully saturated rings. The molecule has 0 spiro atoms. The van der Waals surface area contributed by atoms with Gasteiger partial charge in [-0.3, -0.25) is 10.0 Å². The largest absolute Gasteiger partial charge is 0.289 e. The summed E-state index contributed by atoms with van der Waals surface area (Å²) in [6.07, 6.45) is 3.82. The first-order valence-electron chi connectivity index (χ1n) is 7.63. The van der Waals surface area contributed by atoms with Gasteiger partial charge in [0.05, 0.1) is 4.90 Å². The lowest BCUT2D eigenvalue weighted by Gasteiger charge is -2.12. The predicted octanol–water partition coefficient (Wildman–Crippen LogP) is 2.34. The van der Waals surface area contributed by atoms with Gasteiger partial charge in [-0.05, 0) is 37.1 Å². The number of hydrogen-bond acceptors (Lipinski definition) is 4. The highest BCUT2D eigenvalue weighted by atomic mass is 32.2. The molecule has 132 valence electrons. The second kappa shape index (κ2) is 8.06. The number of hydroxylamine groups is 1. The maximum Gasteiger partial charge on any atom is 0.261 e. The highest BCUT2D eigenvalue weighted by molar-refractivity contribution is 7.89. The summed E-state index contributed by atoms with van der Waals surface area (Å²) in [5.74, 6) is -0.832. The highest BCUT2D eigenvalue weighted by Crippen LogP contribution is 2.14. The summed E-state index contributed by atoms with van der Waals surface area (Å²) >= 11 is 0. The second-order valence-electron chi connectivity index (χ2n) is 5.63. The van der Waals surface area contributed by atoms with E-state index in [-0.39, 0.29) is 4.90 Å². The van der Waals surface area contributed by atoms with E-state index in [4.69, 9.17) is 5.21 Å². The number of nitrogens with one attached hydrogen (secondary N) is 2. The Labute approximate surface area is 147 Å². The average molecular weight is 360 g/mol. The fraction of sp³-hybridized carbons (Fsp3) is 0.167. The van der Waals surface area contributed by atoms with E-state index in [1.807, 2.05) is 43.3 Å². The van der Waals surface area contributed by atoms with E-state index in [0.717, 1.165) is 11.1 Å². The van der Waals surface area contributed by atoms with Crippen LogP contribution in [0.4, 0.5) is 0 Å². The minimum absolute atomic E-state index is 0.0394. The van der Waals surface area contributed by atoms with Gasteiger partial charge in [-0.25, -0.2) is 13.9 Å². The minimum atomic E-state index is -3.85. The Bertz CT molecular complexity index is 857. The average Bonchev–Trinajstić information content (AvgIpc) is 2.60. The van der Waals surface area contributed by atoms with Crippen molar-refractivity contribution in [2.45, 2.75) is 24.8 Å². The summed E-state index contributed by atoms with van der Waals surface area (Å²) in [7, 11) is -3.85. The van der Waals surface area contributed by atoms with Gasteiger partial charge in [0.15, 0.2) is 0 Å². The Kier molecular flexibility index (Phi) is 6.08. The normalized spacial score (nSPS) is 12.9. The smallest absolute Gasteiger partial charge is 0.261 e. The van der Waals surface area contributed by atoms with Crippen LogP contribution in [0.3, 0.4) is 0 Å². The number of carbonyl (C=O) groups is 1. The molecule has 0 heterocycles. The Morgan fingerprint density at radius 1 is 1.00 bits per heavy atom. The van der Waals surface area contributed by atoms with Gasteiger partial charge in [-0.1, -0.05) is 54.1 Å². The molecule has 0 saturated heterocycles. The van der Waals surface area contributed by atoms with Crippen LogP contribution in [-0.4, -0.2) is 25.6 Å². The van der Waals surface area contributed by atoms with Crippen molar-refractivity contribution in [2.24, 2.45) is 0 Å². The van der Waals surface area contributed by atoms with Crippen LogP contribution in [-0.2, 0) is 14.8 Å². The second-order valence-corrected chi connectivity index (χ2v) is 7.35. The molecule has 0 aromatic heterocycles. The lowest BCUT2D eigenvalue weighted by atomic mass is 10.1. The van der Waals surface area contributed by atoms with Crippen molar-refractivity contribution in [1.82, 2.24) is 10.2 Å². The zero-order valence-corrected chi connectivity index (χ0v) is 14.7.